The van der Waals surface area contributed by atoms with Gasteiger partial charge in [-0.15, -0.1) is 0 Å². The largest absolute Gasteiger partial charge is 0.348 e. The van der Waals surface area contributed by atoms with Gasteiger partial charge in [0.2, 0.25) is 10.0 Å². The summed E-state index contributed by atoms with van der Waals surface area (Å²) in [6, 6.07) is 12.8. The van der Waals surface area contributed by atoms with Crippen LogP contribution in [0.4, 0.5) is 0 Å². The Morgan fingerprint density at radius 1 is 1.00 bits per heavy atom. The van der Waals surface area contributed by atoms with Gasteiger partial charge in [0.05, 0.1) is 0 Å². The Bertz CT molecular complexity index is 943. The zero-order valence-electron chi connectivity index (χ0n) is 16.7. The van der Waals surface area contributed by atoms with E-state index in [2.05, 4.69) is 15.6 Å². The highest BCUT2D eigenvalue weighted by Crippen LogP contribution is 2.22. The van der Waals surface area contributed by atoms with E-state index in [0.717, 1.165) is 5.56 Å². The molecular weight excluding hydrogens is 404 g/mol. The fourth-order valence-electron chi connectivity index (χ4n) is 3.37. The standard InChI is InChI=1S/C21H26N4O4S/c26-20(23-12-8-17-5-2-1-3-6-17)21(27)24-15-18-9-13-25(14-10-18)30(28,29)19-7-4-11-22-16-19/h1-7,11,16,18H,8-10,12-15H2,(H,23,26)(H,24,27). The number of carbonyl (C=O) groups is 2. The lowest BCUT2D eigenvalue weighted by Gasteiger charge is -2.31. The second-order valence-corrected chi connectivity index (χ2v) is 9.18. The van der Waals surface area contributed by atoms with Gasteiger partial charge in [-0.1, -0.05) is 30.3 Å². The number of piperidine rings is 1. The van der Waals surface area contributed by atoms with Crippen LogP contribution in [0.3, 0.4) is 0 Å². The third-order valence-electron chi connectivity index (χ3n) is 5.15. The number of hydrogen-bond donors (Lipinski definition) is 2. The van der Waals surface area contributed by atoms with E-state index in [1.165, 1.54) is 22.8 Å². The molecule has 2 aromatic rings. The normalized spacial score (nSPS) is 15.5. The van der Waals surface area contributed by atoms with Crippen LogP contribution in [0.1, 0.15) is 18.4 Å². The summed E-state index contributed by atoms with van der Waals surface area (Å²) in [6.45, 7) is 1.49. The first-order valence-corrected chi connectivity index (χ1v) is 11.4. The number of benzene rings is 1. The van der Waals surface area contributed by atoms with Gasteiger partial charge < -0.3 is 10.6 Å². The zero-order valence-corrected chi connectivity index (χ0v) is 17.5. The summed E-state index contributed by atoms with van der Waals surface area (Å²) in [5, 5.41) is 5.28. The molecule has 1 fully saturated rings. The zero-order chi connectivity index (χ0) is 21.4. The minimum Gasteiger partial charge on any atom is -0.348 e. The Morgan fingerprint density at radius 3 is 2.37 bits per heavy atom. The van der Waals surface area contributed by atoms with Gasteiger partial charge in [0.1, 0.15) is 4.90 Å². The molecule has 1 saturated heterocycles. The van der Waals surface area contributed by atoms with Crippen LogP contribution in [0.2, 0.25) is 0 Å². The maximum Gasteiger partial charge on any atom is 0.309 e. The van der Waals surface area contributed by atoms with Crippen molar-refractivity contribution < 1.29 is 18.0 Å². The van der Waals surface area contributed by atoms with Gasteiger partial charge in [-0.2, -0.15) is 4.31 Å². The van der Waals surface area contributed by atoms with Crippen molar-refractivity contribution in [1.29, 1.82) is 0 Å². The van der Waals surface area contributed by atoms with Crippen molar-refractivity contribution in [1.82, 2.24) is 19.9 Å². The molecule has 2 N–H and O–H groups in total. The van der Waals surface area contributed by atoms with E-state index in [4.69, 9.17) is 0 Å². The van der Waals surface area contributed by atoms with Crippen LogP contribution >= 0.6 is 0 Å². The number of nitrogens with one attached hydrogen (secondary N) is 2. The first-order chi connectivity index (χ1) is 14.5. The fourth-order valence-corrected chi connectivity index (χ4v) is 4.80. The van der Waals surface area contributed by atoms with E-state index in [1.807, 2.05) is 30.3 Å². The summed E-state index contributed by atoms with van der Waals surface area (Å²) >= 11 is 0. The van der Waals surface area contributed by atoms with Gasteiger partial charge in [-0.3, -0.25) is 14.6 Å². The highest BCUT2D eigenvalue weighted by Gasteiger charge is 2.29. The average Bonchev–Trinajstić information content (AvgIpc) is 2.79. The molecule has 9 heteroatoms. The topological polar surface area (TPSA) is 108 Å². The minimum absolute atomic E-state index is 0.131. The molecular formula is C21H26N4O4S. The lowest BCUT2D eigenvalue weighted by molar-refractivity contribution is -0.139. The molecule has 2 heterocycles. The number of rotatable bonds is 7. The SMILES string of the molecule is O=C(NCCc1ccccc1)C(=O)NCC1CCN(S(=O)(=O)c2cccnc2)CC1. The summed E-state index contributed by atoms with van der Waals surface area (Å²) in [6.07, 6.45) is 4.78. The van der Waals surface area contributed by atoms with Crippen LogP contribution in [-0.2, 0) is 26.0 Å². The van der Waals surface area contributed by atoms with E-state index in [1.54, 1.807) is 6.07 Å². The first kappa shape index (κ1) is 21.9. The molecule has 8 nitrogen and oxygen atoms in total. The maximum absolute atomic E-state index is 12.6. The van der Waals surface area contributed by atoms with Crippen molar-refractivity contribution in [3.8, 4) is 0 Å². The van der Waals surface area contributed by atoms with E-state index < -0.39 is 21.8 Å². The smallest absolute Gasteiger partial charge is 0.309 e. The lowest BCUT2D eigenvalue weighted by atomic mass is 9.98. The van der Waals surface area contributed by atoms with Crippen LogP contribution in [0.5, 0.6) is 0 Å². The number of nitrogens with zero attached hydrogens (tertiary/aromatic N) is 2. The molecule has 2 amide bonds. The molecule has 0 radical (unpaired) electrons. The molecule has 0 bridgehead atoms. The molecule has 0 saturated carbocycles. The fraction of sp³-hybridized carbons (Fsp3) is 0.381. The molecule has 0 atom stereocenters. The molecule has 3 rings (SSSR count). The summed E-state index contributed by atoms with van der Waals surface area (Å²) in [7, 11) is -3.54. The van der Waals surface area contributed by atoms with Crippen molar-refractivity contribution in [3.05, 3.63) is 60.4 Å². The monoisotopic (exact) mass is 430 g/mol. The van der Waals surface area contributed by atoms with E-state index in [0.29, 0.717) is 45.4 Å². The number of carbonyl (C=O) groups excluding carboxylic acids is 2. The maximum atomic E-state index is 12.6. The lowest BCUT2D eigenvalue weighted by Crippen LogP contribution is -2.45. The Kier molecular flexibility index (Phi) is 7.53. The van der Waals surface area contributed by atoms with Crippen molar-refractivity contribution in [3.63, 3.8) is 0 Å². The van der Waals surface area contributed by atoms with Crippen LogP contribution in [-0.4, -0.2) is 55.7 Å². The third kappa shape index (κ3) is 5.87. The van der Waals surface area contributed by atoms with Crippen molar-refractivity contribution in [2.45, 2.75) is 24.2 Å². The van der Waals surface area contributed by atoms with E-state index in [-0.39, 0.29) is 10.8 Å². The molecule has 1 aliphatic heterocycles. The number of hydrogen-bond acceptors (Lipinski definition) is 5. The van der Waals surface area contributed by atoms with Crippen LogP contribution in [0, 0.1) is 5.92 Å². The van der Waals surface area contributed by atoms with Crippen molar-refractivity contribution in [2.24, 2.45) is 5.92 Å². The van der Waals surface area contributed by atoms with Crippen LogP contribution < -0.4 is 10.6 Å². The number of pyridine rings is 1. The van der Waals surface area contributed by atoms with E-state index >= 15 is 0 Å². The van der Waals surface area contributed by atoms with Crippen LogP contribution in [0.15, 0.2) is 59.8 Å². The molecule has 0 aliphatic carbocycles. The highest BCUT2D eigenvalue weighted by molar-refractivity contribution is 7.89. The van der Waals surface area contributed by atoms with Crippen LogP contribution in [0.25, 0.3) is 0 Å². The van der Waals surface area contributed by atoms with E-state index in [9.17, 15) is 18.0 Å². The van der Waals surface area contributed by atoms with Gasteiger partial charge in [-0.25, -0.2) is 8.42 Å². The average molecular weight is 431 g/mol. The Labute approximate surface area is 176 Å². The predicted octanol–water partition coefficient (Wildman–Crippen LogP) is 0.957. The summed E-state index contributed by atoms with van der Waals surface area (Å²) in [5.41, 5.74) is 1.09. The number of sulfonamides is 1. The third-order valence-corrected chi connectivity index (χ3v) is 7.03. The molecule has 1 aromatic carbocycles. The van der Waals surface area contributed by atoms with Gasteiger partial charge in [0.25, 0.3) is 0 Å². The number of aromatic nitrogens is 1. The highest BCUT2D eigenvalue weighted by atomic mass is 32.2. The van der Waals surface area contributed by atoms with Gasteiger partial charge in [0.15, 0.2) is 0 Å². The second-order valence-electron chi connectivity index (χ2n) is 7.24. The first-order valence-electron chi connectivity index (χ1n) is 9.97. The van der Waals surface area contributed by atoms with Gasteiger partial charge in [-0.05, 0) is 42.9 Å². The molecule has 0 spiro atoms. The summed E-state index contributed by atoms with van der Waals surface area (Å²) in [5.74, 6) is -1.18. The summed E-state index contributed by atoms with van der Waals surface area (Å²) < 4.78 is 26.7. The van der Waals surface area contributed by atoms with Gasteiger partial charge >= 0.3 is 11.8 Å². The summed E-state index contributed by atoms with van der Waals surface area (Å²) in [4.78, 5) is 28.0. The second kappa shape index (κ2) is 10.3. The Balaban J connectivity index is 1.38. The van der Waals surface area contributed by atoms with Crippen molar-refractivity contribution in [2.75, 3.05) is 26.2 Å². The predicted molar refractivity (Wildman–Crippen MR) is 112 cm³/mol. The Hall–Kier alpha value is -2.78. The molecule has 160 valence electrons. The molecule has 30 heavy (non-hydrogen) atoms. The molecule has 0 unspecified atom stereocenters. The quantitative estimate of drug-likeness (QED) is 0.636. The molecule has 1 aromatic heterocycles. The number of amides is 2. The minimum atomic E-state index is -3.54. The molecule has 1 aliphatic rings. The van der Waals surface area contributed by atoms with Crippen molar-refractivity contribution >= 4 is 21.8 Å². The van der Waals surface area contributed by atoms with Gasteiger partial charge in [0, 0.05) is 38.6 Å². The Morgan fingerprint density at radius 2 is 1.70 bits per heavy atom.